The molecule has 2 aliphatic rings. The van der Waals surface area contributed by atoms with Crippen LogP contribution >= 0.6 is 23.1 Å². The van der Waals surface area contributed by atoms with Gasteiger partial charge in [0, 0.05) is 18.2 Å². The molecule has 1 saturated heterocycles. The smallest absolute Gasteiger partial charge is 0.358 e. The van der Waals surface area contributed by atoms with Crippen LogP contribution < -0.4 is 11.1 Å². The number of thiazole rings is 1. The summed E-state index contributed by atoms with van der Waals surface area (Å²) in [5.74, 6) is -2.26. The highest BCUT2D eigenvalue weighted by Gasteiger charge is 2.54. The van der Waals surface area contributed by atoms with Crippen molar-refractivity contribution in [2.45, 2.75) is 32.2 Å². The number of fused-ring (bicyclic) bond motifs is 1. The number of aromatic nitrogens is 1. The molecule has 2 amide bonds. The van der Waals surface area contributed by atoms with Gasteiger partial charge in [0.15, 0.2) is 10.8 Å². The Kier molecular flexibility index (Phi) is 9.51. The van der Waals surface area contributed by atoms with E-state index in [9.17, 15) is 19.2 Å². The number of nitrogens with zero attached hydrogens (tertiary/aromatic N) is 3. The monoisotopic (exact) mass is 567 g/mol. The number of allylic oxidation sites excluding steroid dienone is 1. The van der Waals surface area contributed by atoms with Crippen LogP contribution in [-0.4, -0.2) is 84.1 Å². The van der Waals surface area contributed by atoms with Gasteiger partial charge < -0.3 is 30.1 Å². The van der Waals surface area contributed by atoms with Crippen LogP contribution in [0.4, 0.5) is 5.13 Å². The van der Waals surface area contributed by atoms with Crippen LogP contribution in [0.15, 0.2) is 34.0 Å². The lowest BCUT2D eigenvalue weighted by Crippen LogP contribution is -2.71. The standard InChI is InChI=1S/C23H29N5O8S2/c1-23(2,3)21(32)36-11-35-20(31)16-12(7-6-8-33-4)9-37-19-15(18(30)28(16)19)26-17(29)14(27-34-5)13-10-38-22(24)25-13/h6-7,10,15,19H,8-9,11H2,1-5H3,(H2,24,25)(H,26,29)/t15?,19-/m0/s1. The number of esters is 2. The molecule has 3 N–H and O–H groups in total. The van der Waals surface area contributed by atoms with Gasteiger partial charge in [-0.2, -0.15) is 0 Å². The summed E-state index contributed by atoms with van der Waals surface area (Å²) in [6, 6.07) is -0.948. The minimum atomic E-state index is -0.948. The molecular formula is C23H29N5O8S2. The molecule has 15 heteroatoms. The van der Waals surface area contributed by atoms with Crippen LogP contribution in [0.5, 0.6) is 0 Å². The van der Waals surface area contributed by atoms with E-state index in [1.807, 2.05) is 0 Å². The molecule has 1 aromatic heterocycles. The molecule has 13 nitrogen and oxygen atoms in total. The van der Waals surface area contributed by atoms with Crippen molar-refractivity contribution in [2.24, 2.45) is 10.6 Å². The van der Waals surface area contributed by atoms with Gasteiger partial charge in [-0.15, -0.1) is 23.1 Å². The first-order valence-electron chi connectivity index (χ1n) is 11.3. The van der Waals surface area contributed by atoms with Gasteiger partial charge in [-0.25, -0.2) is 9.78 Å². The molecule has 0 aliphatic carbocycles. The summed E-state index contributed by atoms with van der Waals surface area (Å²) < 4.78 is 15.2. The van der Waals surface area contributed by atoms with E-state index in [0.717, 1.165) is 11.3 Å². The predicted octanol–water partition coefficient (Wildman–Crippen LogP) is 1.02. The van der Waals surface area contributed by atoms with Crippen molar-refractivity contribution in [3.8, 4) is 0 Å². The number of carbonyl (C=O) groups excluding carboxylic acids is 4. The largest absolute Gasteiger partial charge is 0.427 e. The molecule has 3 rings (SSSR count). The number of nitrogens with two attached hydrogens (primary N) is 1. The first-order valence-corrected chi connectivity index (χ1v) is 13.2. The second kappa shape index (κ2) is 12.4. The van der Waals surface area contributed by atoms with Gasteiger partial charge in [0.1, 0.15) is 29.9 Å². The van der Waals surface area contributed by atoms with Gasteiger partial charge >= 0.3 is 11.9 Å². The van der Waals surface area contributed by atoms with Gasteiger partial charge in [-0.1, -0.05) is 17.3 Å². The highest BCUT2D eigenvalue weighted by Crippen LogP contribution is 2.41. The molecule has 0 spiro atoms. The maximum atomic E-state index is 13.2. The number of ether oxygens (including phenoxy) is 3. The average molecular weight is 568 g/mol. The molecule has 0 saturated carbocycles. The molecule has 1 aromatic rings. The number of rotatable bonds is 10. The normalized spacial score (nSPS) is 19.7. The van der Waals surface area contributed by atoms with E-state index >= 15 is 0 Å². The molecule has 206 valence electrons. The van der Waals surface area contributed by atoms with Crippen molar-refractivity contribution >= 4 is 57.7 Å². The SMILES string of the molecule is COCC=CC1=C(C(=O)OCOC(=O)C(C)(C)C)N2C(=O)C(NC(=O)C(=NOC)c3csc(N)n3)[C@@H]2SC1. The molecule has 0 radical (unpaired) electrons. The molecule has 0 aromatic carbocycles. The van der Waals surface area contributed by atoms with E-state index in [1.54, 1.807) is 38.3 Å². The number of methoxy groups -OCH3 is 1. The summed E-state index contributed by atoms with van der Waals surface area (Å²) in [5, 5.41) is 7.55. The van der Waals surface area contributed by atoms with Crippen molar-refractivity contribution in [1.29, 1.82) is 0 Å². The number of oxime groups is 1. The Morgan fingerprint density at radius 2 is 2.03 bits per heavy atom. The number of amides is 2. The van der Waals surface area contributed by atoms with Crippen molar-refractivity contribution in [2.75, 3.05) is 39.1 Å². The molecule has 1 unspecified atom stereocenters. The van der Waals surface area contributed by atoms with E-state index < -0.39 is 47.4 Å². The maximum absolute atomic E-state index is 13.2. The quantitative estimate of drug-likeness (QED) is 0.136. The summed E-state index contributed by atoms with van der Waals surface area (Å²) in [4.78, 5) is 61.2. The van der Waals surface area contributed by atoms with Crippen molar-refractivity contribution in [1.82, 2.24) is 15.2 Å². The Balaban J connectivity index is 1.77. The van der Waals surface area contributed by atoms with Crippen molar-refractivity contribution < 1.29 is 38.2 Å². The number of nitrogens with one attached hydrogen (secondary N) is 1. The molecule has 3 heterocycles. The lowest BCUT2D eigenvalue weighted by molar-refractivity contribution is -0.173. The number of hydrogen-bond acceptors (Lipinski definition) is 13. The summed E-state index contributed by atoms with van der Waals surface area (Å²) in [7, 11) is 2.80. The first kappa shape index (κ1) is 29.1. The van der Waals surface area contributed by atoms with Gasteiger partial charge in [-0.05, 0) is 26.3 Å². The Morgan fingerprint density at radius 1 is 1.29 bits per heavy atom. The van der Waals surface area contributed by atoms with E-state index in [0.29, 0.717) is 17.9 Å². The average Bonchev–Trinajstić information content (AvgIpc) is 3.30. The molecule has 1 fully saturated rings. The zero-order valence-electron chi connectivity index (χ0n) is 21.5. The second-order valence-corrected chi connectivity index (χ2v) is 11.0. The topological polar surface area (TPSA) is 172 Å². The fourth-order valence-corrected chi connectivity index (χ4v) is 5.24. The zero-order chi connectivity index (χ0) is 28.0. The van der Waals surface area contributed by atoms with Crippen LogP contribution in [0.25, 0.3) is 0 Å². The van der Waals surface area contributed by atoms with Gasteiger partial charge in [0.2, 0.25) is 6.79 Å². The number of anilines is 1. The van der Waals surface area contributed by atoms with Crippen LogP contribution in [0, 0.1) is 5.41 Å². The van der Waals surface area contributed by atoms with Crippen LogP contribution in [0.2, 0.25) is 0 Å². The molecule has 38 heavy (non-hydrogen) atoms. The Hall–Kier alpha value is -3.43. The van der Waals surface area contributed by atoms with Crippen molar-refractivity contribution in [3.05, 3.63) is 34.5 Å². The highest BCUT2D eigenvalue weighted by atomic mass is 32.2. The van der Waals surface area contributed by atoms with Crippen LogP contribution in [0.1, 0.15) is 26.5 Å². The van der Waals surface area contributed by atoms with Crippen LogP contribution in [0.3, 0.4) is 0 Å². The number of nitrogen functional groups attached to an aromatic ring is 1. The molecule has 0 bridgehead atoms. The highest BCUT2D eigenvalue weighted by molar-refractivity contribution is 8.00. The summed E-state index contributed by atoms with van der Waals surface area (Å²) >= 11 is 2.48. The summed E-state index contributed by atoms with van der Waals surface area (Å²) in [6.45, 7) is 4.68. The molecular weight excluding hydrogens is 538 g/mol. The molecule has 2 aliphatic heterocycles. The number of β-lactam (4-membered cyclic amide) rings is 1. The van der Waals surface area contributed by atoms with Crippen LogP contribution in [-0.2, 0) is 38.2 Å². The molecule has 2 atom stereocenters. The fraction of sp³-hybridized carbons (Fsp3) is 0.478. The number of thioether (sulfide) groups is 1. The first-order chi connectivity index (χ1) is 18.0. The lowest BCUT2D eigenvalue weighted by Gasteiger charge is -2.49. The Morgan fingerprint density at radius 3 is 2.63 bits per heavy atom. The minimum absolute atomic E-state index is 0.00136. The minimum Gasteiger partial charge on any atom is -0.427 e. The predicted molar refractivity (Wildman–Crippen MR) is 140 cm³/mol. The summed E-state index contributed by atoms with van der Waals surface area (Å²) in [6.07, 6.45) is 3.36. The van der Waals surface area contributed by atoms with Gasteiger partial charge in [0.05, 0.1) is 12.0 Å². The lowest BCUT2D eigenvalue weighted by atomic mass is 9.98. The summed E-state index contributed by atoms with van der Waals surface area (Å²) in [5.41, 5.74) is 5.46. The third-order valence-electron chi connectivity index (χ3n) is 5.21. The zero-order valence-corrected chi connectivity index (χ0v) is 23.1. The van der Waals surface area contributed by atoms with E-state index in [4.69, 9.17) is 24.8 Å². The third kappa shape index (κ3) is 6.52. The number of carbonyl (C=O) groups is 4. The van der Waals surface area contributed by atoms with E-state index in [-0.39, 0.29) is 22.2 Å². The van der Waals surface area contributed by atoms with Crippen molar-refractivity contribution in [3.63, 3.8) is 0 Å². The Bertz CT molecular complexity index is 1190. The number of hydrogen-bond donors (Lipinski definition) is 2. The van der Waals surface area contributed by atoms with Gasteiger partial charge in [-0.3, -0.25) is 19.3 Å². The Labute approximate surface area is 227 Å². The van der Waals surface area contributed by atoms with Gasteiger partial charge in [0.25, 0.3) is 11.8 Å². The second-order valence-electron chi connectivity index (χ2n) is 9.02. The maximum Gasteiger partial charge on any atom is 0.358 e. The van der Waals surface area contributed by atoms with E-state index in [1.165, 1.54) is 30.9 Å². The van der Waals surface area contributed by atoms with E-state index in [2.05, 4.69) is 15.5 Å². The fourth-order valence-electron chi connectivity index (χ4n) is 3.37. The third-order valence-corrected chi connectivity index (χ3v) is 7.19.